The van der Waals surface area contributed by atoms with Gasteiger partial charge in [-0.3, -0.25) is 4.79 Å². The van der Waals surface area contributed by atoms with Crippen molar-refractivity contribution in [3.05, 3.63) is 47.5 Å². The SMILES string of the molecule is CCCN1c2cc(OC)c(/C=N/NC(=O)COc3cccc(N(C)C)c3)cc2C(C)CC1(C)C. The second-order valence-corrected chi connectivity index (χ2v) is 9.70. The zero-order valence-electron chi connectivity index (χ0n) is 21.5. The number of hydrazone groups is 1. The summed E-state index contributed by atoms with van der Waals surface area (Å²) >= 11 is 0. The summed E-state index contributed by atoms with van der Waals surface area (Å²) in [4.78, 5) is 16.7. The molecule has 0 radical (unpaired) electrons. The number of carbonyl (C=O) groups is 1. The number of hydrogen-bond donors (Lipinski definition) is 1. The number of amides is 1. The van der Waals surface area contributed by atoms with Crippen molar-refractivity contribution in [3.8, 4) is 11.5 Å². The lowest BCUT2D eigenvalue weighted by Crippen LogP contribution is -2.48. The molecule has 0 saturated carbocycles. The van der Waals surface area contributed by atoms with Crippen LogP contribution in [0, 0.1) is 0 Å². The van der Waals surface area contributed by atoms with Crippen molar-refractivity contribution in [1.82, 2.24) is 5.43 Å². The van der Waals surface area contributed by atoms with Crippen molar-refractivity contribution < 1.29 is 14.3 Å². The van der Waals surface area contributed by atoms with E-state index in [1.807, 2.05) is 43.3 Å². The topological polar surface area (TPSA) is 66.4 Å². The van der Waals surface area contributed by atoms with Gasteiger partial charge in [0.05, 0.1) is 13.3 Å². The van der Waals surface area contributed by atoms with Crippen LogP contribution >= 0.6 is 0 Å². The van der Waals surface area contributed by atoms with Crippen LogP contribution in [0.25, 0.3) is 0 Å². The second-order valence-electron chi connectivity index (χ2n) is 9.70. The Morgan fingerprint density at radius 2 is 2.06 bits per heavy atom. The minimum Gasteiger partial charge on any atom is -0.496 e. The van der Waals surface area contributed by atoms with Gasteiger partial charge < -0.3 is 19.3 Å². The number of anilines is 2. The predicted molar refractivity (Wildman–Crippen MR) is 140 cm³/mol. The van der Waals surface area contributed by atoms with E-state index in [9.17, 15) is 4.79 Å². The number of benzene rings is 2. The Labute approximate surface area is 203 Å². The van der Waals surface area contributed by atoms with Gasteiger partial charge in [-0.25, -0.2) is 5.43 Å². The first-order chi connectivity index (χ1) is 16.2. The standard InChI is InChI=1S/C27H38N4O3/c1-8-12-31-24-15-25(33-7)20(13-23(24)19(2)16-27(31,3)4)17-28-29-26(32)18-34-22-11-9-10-21(14-22)30(5)6/h9-11,13-15,17,19H,8,12,16,18H2,1-7H3,(H,29,32)/b28-17+. The van der Waals surface area contributed by atoms with Gasteiger partial charge in [-0.15, -0.1) is 0 Å². The molecule has 0 saturated heterocycles. The van der Waals surface area contributed by atoms with E-state index in [1.165, 1.54) is 11.3 Å². The molecule has 0 spiro atoms. The monoisotopic (exact) mass is 466 g/mol. The maximum Gasteiger partial charge on any atom is 0.277 e. The van der Waals surface area contributed by atoms with Gasteiger partial charge in [0, 0.05) is 55.2 Å². The average molecular weight is 467 g/mol. The highest BCUT2D eigenvalue weighted by Crippen LogP contribution is 2.45. The van der Waals surface area contributed by atoms with Crippen molar-refractivity contribution in [2.75, 3.05) is 44.2 Å². The number of nitrogens with zero attached hydrogens (tertiary/aromatic N) is 3. The van der Waals surface area contributed by atoms with Crippen LogP contribution in [0.1, 0.15) is 57.6 Å². The first-order valence-electron chi connectivity index (χ1n) is 11.9. The Balaban J connectivity index is 1.70. The van der Waals surface area contributed by atoms with Crippen LogP contribution in [0.15, 0.2) is 41.5 Å². The molecule has 0 aliphatic carbocycles. The molecule has 7 nitrogen and oxygen atoms in total. The zero-order valence-corrected chi connectivity index (χ0v) is 21.5. The Hall–Kier alpha value is -3.22. The van der Waals surface area contributed by atoms with Gasteiger partial charge in [-0.2, -0.15) is 5.10 Å². The lowest BCUT2D eigenvalue weighted by molar-refractivity contribution is -0.123. The molecule has 3 rings (SSSR count). The summed E-state index contributed by atoms with van der Waals surface area (Å²) in [5.41, 5.74) is 6.98. The van der Waals surface area contributed by atoms with Crippen LogP contribution in [0.2, 0.25) is 0 Å². The quantitative estimate of drug-likeness (QED) is 0.425. The van der Waals surface area contributed by atoms with E-state index in [2.05, 4.69) is 55.3 Å². The number of methoxy groups -OCH3 is 1. The average Bonchev–Trinajstić information content (AvgIpc) is 2.80. The summed E-state index contributed by atoms with van der Waals surface area (Å²) in [6, 6.07) is 11.8. The van der Waals surface area contributed by atoms with E-state index in [0.717, 1.165) is 36.4 Å². The Bertz CT molecular complexity index is 1030. The molecule has 1 unspecified atom stereocenters. The van der Waals surface area contributed by atoms with Gasteiger partial charge in [0.2, 0.25) is 0 Å². The second kappa shape index (κ2) is 10.8. The largest absolute Gasteiger partial charge is 0.496 e. The number of nitrogens with one attached hydrogen (secondary N) is 1. The molecule has 1 atom stereocenters. The maximum absolute atomic E-state index is 12.3. The lowest BCUT2D eigenvalue weighted by atomic mass is 9.79. The van der Waals surface area contributed by atoms with E-state index in [1.54, 1.807) is 13.3 Å². The summed E-state index contributed by atoms with van der Waals surface area (Å²) in [5.74, 6) is 1.46. The van der Waals surface area contributed by atoms with E-state index in [0.29, 0.717) is 11.7 Å². The Kier molecular flexibility index (Phi) is 8.07. The predicted octanol–water partition coefficient (Wildman–Crippen LogP) is 4.79. The van der Waals surface area contributed by atoms with Gasteiger partial charge in [0.25, 0.3) is 5.91 Å². The van der Waals surface area contributed by atoms with Crippen LogP contribution in [-0.2, 0) is 4.79 Å². The first-order valence-corrected chi connectivity index (χ1v) is 11.9. The molecule has 1 aliphatic rings. The zero-order chi connectivity index (χ0) is 24.9. The van der Waals surface area contributed by atoms with E-state index < -0.39 is 0 Å². The fourth-order valence-electron chi connectivity index (χ4n) is 4.66. The van der Waals surface area contributed by atoms with Crippen LogP contribution in [0.3, 0.4) is 0 Å². The molecular formula is C27H38N4O3. The van der Waals surface area contributed by atoms with Crippen molar-refractivity contribution in [2.45, 2.75) is 52.0 Å². The fourth-order valence-corrected chi connectivity index (χ4v) is 4.66. The lowest BCUT2D eigenvalue weighted by Gasteiger charge is -2.47. The van der Waals surface area contributed by atoms with E-state index >= 15 is 0 Å². The van der Waals surface area contributed by atoms with Crippen molar-refractivity contribution in [1.29, 1.82) is 0 Å². The molecule has 1 N–H and O–H groups in total. The third-order valence-electron chi connectivity index (χ3n) is 6.28. The Morgan fingerprint density at radius 1 is 1.29 bits per heavy atom. The van der Waals surface area contributed by atoms with Crippen molar-refractivity contribution in [2.24, 2.45) is 5.10 Å². The number of ether oxygens (including phenoxy) is 2. The number of rotatable bonds is 9. The summed E-state index contributed by atoms with van der Waals surface area (Å²) in [5, 5.41) is 4.16. The number of hydrogen-bond acceptors (Lipinski definition) is 6. The summed E-state index contributed by atoms with van der Waals surface area (Å²) in [6.45, 7) is 9.96. The third-order valence-corrected chi connectivity index (χ3v) is 6.28. The molecule has 7 heteroatoms. The molecule has 184 valence electrons. The molecular weight excluding hydrogens is 428 g/mol. The highest BCUT2D eigenvalue weighted by molar-refractivity contribution is 5.87. The molecule has 2 aromatic carbocycles. The first kappa shape index (κ1) is 25.4. The number of fused-ring (bicyclic) bond motifs is 1. The summed E-state index contributed by atoms with van der Waals surface area (Å²) in [7, 11) is 5.58. The maximum atomic E-state index is 12.3. The third kappa shape index (κ3) is 5.82. The van der Waals surface area contributed by atoms with Crippen LogP contribution in [0.4, 0.5) is 11.4 Å². The molecule has 0 fully saturated rings. The van der Waals surface area contributed by atoms with Crippen molar-refractivity contribution in [3.63, 3.8) is 0 Å². The van der Waals surface area contributed by atoms with E-state index in [4.69, 9.17) is 9.47 Å². The highest BCUT2D eigenvalue weighted by Gasteiger charge is 2.36. The normalized spacial score (nSPS) is 16.8. The van der Waals surface area contributed by atoms with Crippen LogP contribution < -0.4 is 24.7 Å². The van der Waals surface area contributed by atoms with Gasteiger partial charge in [0.15, 0.2) is 6.61 Å². The molecule has 2 aromatic rings. The molecule has 0 aromatic heterocycles. The summed E-state index contributed by atoms with van der Waals surface area (Å²) < 4.78 is 11.3. The minimum absolute atomic E-state index is 0.0864. The molecule has 1 heterocycles. The van der Waals surface area contributed by atoms with Crippen molar-refractivity contribution >= 4 is 23.5 Å². The van der Waals surface area contributed by atoms with E-state index in [-0.39, 0.29) is 18.1 Å². The molecule has 1 aliphatic heterocycles. The fraction of sp³-hybridized carbons (Fsp3) is 0.481. The van der Waals surface area contributed by atoms with Crippen LogP contribution in [0.5, 0.6) is 11.5 Å². The van der Waals surface area contributed by atoms with Gasteiger partial charge in [-0.1, -0.05) is 19.9 Å². The minimum atomic E-state index is -0.326. The molecule has 34 heavy (non-hydrogen) atoms. The van der Waals surface area contributed by atoms with Crippen LogP contribution in [-0.4, -0.2) is 52.0 Å². The Morgan fingerprint density at radius 3 is 2.74 bits per heavy atom. The molecule has 1 amide bonds. The smallest absolute Gasteiger partial charge is 0.277 e. The number of carbonyl (C=O) groups excluding carboxylic acids is 1. The van der Waals surface area contributed by atoms with Gasteiger partial charge >= 0.3 is 0 Å². The van der Waals surface area contributed by atoms with Gasteiger partial charge in [-0.05, 0) is 56.4 Å². The highest BCUT2D eigenvalue weighted by atomic mass is 16.5. The summed E-state index contributed by atoms with van der Waals surface area (Å²) in [6.07, 6.45) is 3.79. The van der Waals surface area contributed by atoms with Gasteiger partial charge in [0.1, 0.15) is 11.5 Å². The molecule has 0 bridgehead atoms.